The van der Waals surface area contributed by atoms with Gasteiger partial charge in [-0.25, -0.2) is 4.98 Å². The third kappa shape index (κ3) is 4.99. The fourth-order valence-electron chi connectivity index (χ4n) is 2.71. The van der Waals surface area contributed by atoms with Gasteiger partial charge in [0.2, 0.25) is 5.95 Å². The molecule has 0 aliphatic carbocycles. The number of rotatable bonds is 7. The first-order chi connectivity index (χ1) is 13.5. The molecule has 2 heterocycles. The number of nitrogens with one attached hydrogen (secondary N) is 2. The summed E-state index contributed by atoms with van der Waals surface area (Å²) >= 11 is 7.13. The van der Waals surface area contributed by atoms with E-state index in [0.29, 0.717) is 20.8 Å². The van der Waals surface area contributed by atoms with Crippen LogP contribution in [0.25, 0.3) is 0 Å². The molecule has 1 amide bonds. The van der Waals surface area contributed by atoms with E-state index in [9.17, 15) is 4.79 Å². The number of aromatic nitrogens is 2. The second kappa shape index (κ2) is 9.03. The van der Waals surface area contributed by atoms with Crippen molar-refractivity contribution in [3.8, 4) is 0 Å². The molecule has 0 spiro atoms. The number of thiophene rings is 1. The van der Waals surface area contributed by atoms with Crippen LogP contribution in [0.2, 0.25) is 4.34 Å². The van der Waals surface area contributed by atoms with Gasteiger partial charge in [-0.05, 0) is 57.2 Å². The van der Waals surface area contributed by atoms with Gasteiger partial charge in [-0.2, -0.15) is 4.98 Å². The van der Waals surface area contributed by atoms with Crippen LogP contribution in [0.4, 0.5) is 23.1 Å². The predicted octanol–water partition coefficient (Wildman–Crippen LogP) is 5.34. The van der Waals surface area contributed by atoms with E-state index in [0.717, 1.165) is 30.3 Å². The molecule has 2 aromatic heterocycles. The van der Waals surface area contributed by atoms with Gasteiger partial charge in [-0.3, -0.25) is 4.79 Å². The summed E-state index contributed by atoms with van der Waals surface area (Å²) in [6.07, 6.45) is 0. The molecule has 8 heteroatoms. The molecule has 146 valence electrons. The Labute approximate surface area is 173 Å². The second-order valence-corrected chi connectivity index (χ2v) is 7.84. The maximum absolute atomic E-state index is 12.2. The maximum Gasteiger partial charge on any atom is 0.265 e. The monoisotopic (exact) mass is 415 g/mol. The topological polar surface area (TPSA) is 70.2 Å². The summed E-state index contributed by atoms with van der Waals surface area (Å²) in [5, 5.41) is 6.08. The molecule has 3 aromatic rings. The molecule has 0 bridgehead atoms. The Hall–Kier alpha value is -2.64. The zero-order chi connectivity index (χ0) is 20.1. The summed E-state index contributed by atoms with van der Waals surface area (Å²) in [5.74, 6) is 1.27. The normalized spacial score (nSPS) is 10.6. The highest BCUT2D eigenvalue weighted by Crippen LogP contribution is 2.23. The molecular weight excluding hydrogens is 394 g/mol. The molecule has 28 heavy (non-hydrogen) atoms. The number of carbonyl (C=O) groups excluding carboxylic acids is 1. The van der Waals surface area contributed by atoms with Crippen molar-refractivity contribution in [1.29, 1.82) is 0 Å². The average molecular weight is 416 g/mol. The number of aryl methyl sites for hydroxylation is 1. The van der Waals surface area contributed by atoms with E-state index in [1.54, 1.807) is 12.1 Å². The van der Waals surface area contributed by atoms with E-state index >= 15 is 0 Å². The fraction of sp³-hybridized carbons (Fsp3) is 0.250. The molecule has 0 aliphatic heterocycles. The Morgan fingerprint density at radius 3 is 2.36 bits per heavy atom. The van der Waals surface area contributed by atoms with Gasteiger partial charge in [-0.1, -0.05) is 11.6 Å². The third-order valence-corrected chi connectivity index (χ3v) is 5.35. The van der Waals surface area contributed by atoms with Crippen molar-refractivity contribution in [1.82, 2.24) is 9.97 Å². The molecule has 0 saturated carbocycles. The van der Waals surface area contributed by atoms with Crippen LogP contribution in [0.5, 0.6) is 0 Å². The van der Waals surface area contributed by atoms with E-state index in [1.165, 1.54) is 11.3 Å². The van der Waals surface area contributed by atoms with Crippen molar-refractivity contribution < 1.29 is 4.79 Å². The summed E-state index contributed by atoms with van der Waals surface area (Å²) in [6, 6.07) is 12.8. The Morgan fingerprint density at radius 2 is 1.75 bits per heavy atom. The Morgan fingerprint density at radius 1 is 1.07 bits per heavy atom. The minimum atomic E-state index is -0.177. The Balaban J connectivity index is 1.69. The second-order valence-electron chi connectivity index (χ2n) is 6.12. The molecule has 0 radical (unpaired) electrons. The number of hydrogen-bond donors (Lipinski definition) is 2. The lowest BCUT2D eigenvalue weighted by molar-refractivity contribution is 0.103. The van der Waals surface area contributed by atoms with E-state index in [-0.39, 0.29) is 5.91 Å². The molecule has 0 saturated heterocycles. The average Bonchev–Trinajstić information content (AvgIpc) is 3.10. The van der Waals surface area contributed by atoms with Crippen LogP contribution < -0.4 is 15.5 Å². The van der Waals surface area contributed by atoms with Crippen LogP contribution in [-0.4, -0.2) is 29.0 Å². The summed E-state index contributed by atoms with van der Waals surface area (Å²) in [4.78, 5) is 24.0. The van der Waals surface area contributed by atoms with E-state index in [4.69, 9.17) is 11.6 Å². The minimum Gasteiger partial charge on any atom is -0.357 e. The van der Waals surface area contributed by atoms with Crippen LogP contribution >= 0.6 is 22.9 Å². The molecule has 3 rings (SSSR count). The summed E-state index contributed by atoms with van der Waals surface area (Å²) < 4.78 is 0.590. The molecule has 0 fully saturated rings. The largest absolute Gasteiger partial charge is 0.357 e. The number of amides is 1. The van der Waals surface area contributed by atoms with Crippen molar-refractivity contribution in [3.63, 3.8) is 0 Å². The molecular formula is C20H22ClN5OS. The van der Waals surface area contributed by atoms with Crippen LogP contribution in [0, 0.1) is 6.92 Å². The van der Waals surface area contributed by atoms with Gasteiger partial charge in [0.1, 0.15) is 5.82 Å². The van der Waals surface area contributed by atoms with Gasteiger partial charge in [0, 0.05) is 36.2 Å². The number of anilines is 4. The van der Waals surface area contributed by atoms with Gasteiger partial charge in [0.25, 0.3) is 5.91 Å². The highest BCUT2D eigenvalue weighted by molar-refractivity contribution is 7.18. The van der Waals surface area contributed by atoms with Crippen molar-refractivity contribution in [3.05, 3.63) is 57.4 Å². The van der Waals surface area contributed by atoms with E-state index in [1.807, 2.05) is 37.3 Å². The standard InChI is InChI=1S/C20H22ClN5OS/c1-4-26(5-2)18-12-13(3)22-20(25-18)24-15-8-6-14(7-9-15)23-19(27)16-10-11-17(21)28-16/h6-12H,4-5H2,1-3H3,(H,23,27)(H,22,24,25). The van der Waals surface area contributed by atoms with Crippen LogP contribution in [0.3, 0.4) is 0 Å². The number of hydrogen-bond acceptors (Lipinski definition) is 6. The van der Waals surface area contributed by atoms with Crippen LogP contribution in [0.15, 0.2) is 42.5 Å². The lowest BCUT2D eigenvalue weighted by Gasteiger charge is -2.20. The molecule has 2 N–H and O–H groups in total. The quantitative estimate of drug-likeness (QED) is 0.544. The van der Waals surface area contributed by atoms with Crippen LogP contribution in [0.1, 0.15) is 29.2 Å². The van der Waals surface area contributed by atoms with Crippen LogP contribution in [-0.2, 0) is 0 Å². The van der Waals surface area contributed by atoms with E-state index < -0.39 is 0 Å². The zero-order valence-electron chi connectivity index (χ0n) is 16.0. The zero-order valence-corrected chi connectivity index (χ0v) is 17.6. The first kappa shape index (κ1) is 20.1. The Bertz CT molecular complexity index is 953. The molecule has 0 unspecified atom stereocenters. The predicted molar refractivity (Wildman–Crippen MR) is 117 cm³/mol. The van der Waals surface area contributed by atoms with Crippen molar-refractivity contribution in [2.75, 3.05) is 28.6 Å². The highest BCUT2D eigenvalue weighted by atomic mass is 35.5. The van der Waals surface area contributed by atoms with Gasteiger partial charge >= 0.3 is 0 Å². The van der Waals surface area contributed by atoms with Gasteiger partial charge < -0.3 is 15.5 Å². The smallest absolute Gasteiger partial charge is 0.265 e. The molecule has 0 aliphatic rings. The summed E-state index contributed by atoms with van der Waals surface area (Å²) in [5.41, 5.74) is 2.44. The van der Waals surface area contributed by atoms with Gasteiger partial charge in [0.15, 0.2) is 0 Å². The third-order valence-electron chi connectivity index (χ3n) is 4.12. The SMILES string of the molecule is CCN(CC)c1cc(C)nc(Nc2ccc(NC(=O)c3ccc(Cl)s3)cc2)n1. The molecule has 0 atom stereocenters. The highest BCUT2D eigenvalue weighted by Gasteiger charge is 2.10. The first-order valence-corrected chi connectivity index (χ1v) is 10.2. The fourth-order valence-corrected chi connectivity index (χ4v) is 3.65. The van der Waals surface area contributed by atoms with Crippen molar-refractivity contribution >= 4 is 52.0 Å². The number of carbonyl (C=O) groups is 1. The molecule has 6 nitrogen and oxygen atoms in total. The van der Waals surface area contributed by atoms with Crippen molar-refractivity contribution in [2.24, 2.45) is 0 Å². The lowest BCUT2D eigenvalue weighted by atomic mass is 10.2. The number of nitrogens with zero attached hydrogens (tertiary/aromatic N) is 3. The summed E-state index contributed by atoms with van der Waals surface area (Å²) in [7, 11) is 0. The lowest BCUT2D eigenvalue weighted by Crippen LogP contribution is -2.23. The van der Waals surface area contributed by atoms with Gasteiger partial charge in [-0.15, -0.1) is 11.3 Å². The first-order valence-electron chi connectivity index (χ1n) is 9.03. The van der Waals surface area contributed by atoms with Gasteiger partial charge in [0.05, 0.1) is 9.21 Å². The molecule has 1 aromatic carbocycles. The minimum absolute atomic E-state index is 0.177. The maximum atomic E-state index is 12.2. The Kier molecular flexibility index (Phi) is 6.49. The number of halogens is 1. The summed E-state index contributed by atoms with van der Waals surface area (Å²) in [6.45, 7) is 7.93. The van der Waals surface area contributed by atoms with E-state index in [2.05, 4.69) is 39.3 Å². The van der Waals surface area contributed by atoms with Crippen molar-refractivity contribution in [2.45, 2.75) is 20.8 Å². The number of benzene rings is 1.